The number of benzene rings is 2. The van der Waals surface area contributed by atoms with E-state index in [1.165, 1.54) is 12.8 Å². The maximum absolute atomic E-state index is 13.7. The van der Waals surface area contributed by atoms with Crippen LogP contribution in [0.15, 0.2) is 53.5 Å². The molecule has 1 amide bonds. The zero-order chi connectivity index (χ0) is 26.9. The number of ether oxygens (including phenoxy) is 1. The first-order valence-corrected chi connectivity index (χ1v) is 13.9. The third-order valence-electron chi connectivity index (χ3n) is 8.12. The molecule has 6 rings (SSSR count). The second-order valence-corrected chi connectivity index (χ2v) is 10.8. The number of aromatic amines is 1. The van der Waals surface area contributed by atoms with Gasteiger partial charge < -0.3 is 19.7 Å². The quantitative estimate of drug-likeness (QED) is 0.380. The first kappa shape index (κ1) is 25.6. The number of hydrogen-bond donors (Lipinski definition) is 2. The molecule has 4 aromatic rings. The number of aliphatic hydroxyl groups excluding tert-OH is 1. The van der Waals surface area contributed by atoms with Crippen molar-refractivity contribution in [1.82, 2.24) is 24.6 Å². The van der Waals surface area contributed by atoms with Gasteiger partial charge in [0.05, 0.1) is 28.7 Å². The fraction of sp³-hybridized carbons (Fsp3) is 0.433. The van der Waals surface area contributed by atoms with Crippen molar-refractivity contribution in [2.45, 2.75) is 44.8 Å². The summed E-state index contributed by atoms with van der Waals surface area (Å²) in [7, 11) is 0. The molecule has 1 aliphatic heterocycles. The third kappa shape index (κ3) is 5.16. The van der Waals surface area contributed by atoms with Gasteiger partial charge in [-0.25, -0.2) is 0 Å². The highest BCUT2D eigenvalue weighted by atomic mass is 16.5. The lowest BCUT2D eigenvalue weighted by molar-refractivity contribution is 0.0403. The van der Waals surface area contributed by atoms with Crippen molar-refractivity contribution in [3.63, 3.8) is 0 Å². The molecule has 2 N–H and O–H groups in total. The van der Waals surface area contributed by atoms with Crippen molar-refractivity contribution >= 4 is 27.7 Å². The van der Waals surface area contributed by atoms with Gasteiger partial charge in [0.1, 0.15) is 18.5 Å². The number of para-hydroxylation sites is 1. The van der Waals surface area contributed by atoms with E-state index >= 15 is 0 Å². The lowest BCUT2D eigenvalue weighted by Crippen LogP contribution is -2.51. The van der Waals surface area contributed by atoms with E-state index in [9.17, 15) is 14.7 Å². The number of aryl methyl sites for hydroxylation is 1. The molecule has 9 heteroatoms. The molecule has 1 atom stereocenters. The third-order valence-corrected chi connectivity index (χ3v) is 8.12. The summed E-state index contributed by atoms with van der Waals surface area (Å²) < 4.78 is 7.69. The molecule has 3 heterocycles. The summed E-state index contributed by atoms with van der Waals surface area (Å²) >= 11 is 0. The highest BCUT2D eigenvalue weighted by Gasteiger charge is 2.26. The first-order valence-electron chi connectivity index (χ1n) is 13.9. The predicted molar refractivity (Wildman–Crippen MR) is 150 cm³/mol. The molecule has 0 spiro atoms. The number of carbonyl (C=O) groups excluding carboxylic acids is 1. The Kier molecular flexibility index (Phi) is 7.10. The molecule has 2 aliphatic rings. The van der Waals surface area contributed by atoms with Gasteiger partial charge in [-0.15, -0.1) is 0 Å². The molecular weight excluding hydrogens is 494 g/mol. The van der Waals surface area contributed by atoms with Gasteiger partial charge in [0.15, 0.2) is 0 Å². The number of aliphatic hydroxyl groups is 1. The number of pyridine rings is 1. The molecule has 204 valence electrons. The standard InChI is InChI=1S/C30H35N5O4/c1-20-15-27-25(28-26(29(37)32-27)17-31-35(28)21-7-5-6-8-21)16-24(20)30(38)34-13-11-33(12-14-34)18-22(36)19-39-23-9-3-2-4-10-23/h2-4,9-10,15-17,21-22,36H,5-8,11-14,18-19H2,1H3,(H,32,37). The zero-order valence-electron chi connectivity index (χ0n) is 22.3. The van der Waals surface area contributed by atoms with Crippen LogP contribution in [0.25, 0.3) is 21.8 Å². The van der Waals surface area contributed by atoms with E-state index in [1.807, 2.05) is 59.0 Å². The number of fused-ring (bicyclic) bond motifs is 3. The van der Waals surface area contributed by atoms with Crippen LogP contribution in [0.3, 0.4) is 0 Å². The van der Waals surface area contributed by atoms with Crippen molar-refractivity contribution in [3.8, 4) is 5.75 Å². The number of amides is 1. The van der Waals surface area contributed by atoms with E-state index in [0.29, 0.717) is 43.7 Å². The van der Waals surface area contributed by atoms with Gasteiger partial charge in [0, 0.05) is 43.7 Å². The monoisotopic (exact) mass is 529 g/mol. The Morgan fingerprint density at radius 1 is 1.10 bits per heavy atom. The van der Waals surface area contributed by atoms with E-state index in [4.69, 9.17) is 4.74 Å². The Hall–Kier alpha value is -3.69. The van der Waals surface area contributed by atoms with Crippen molar-refractivity contribution in [3.05, 3.63) is 70.1 Å². The van der Waals surface area contributed by atoms with Crippen LogP contribution < -0.4 is 10.3 Å². The van der Waals surface area contributed by atoms with Crippen molar-refractivity contribution in [2.24, 2.45) is 0 Å². The summed E-state index contributed by atoms with van der Waals surface area (Å²) in [5, 5.41) is 16.5. The van der Waals surface area contributed by atoms with Crippen LogP contribution in [0.5, 0.6) is 5.75 Å². The molecule has 1 saturated carbocycles. The van der Waals surface area contributed by atoms with Crippen molar-refractivity contribution < 1.29 is 14.6 Å². The van der Waals surface area contributed by atoms with Crippen molar-refractivity contribution in [1.29, 1.82) is 0 Å². The largest absolute Gasteiger partial charge is 0.491 e. The molecule has 2 fully saturated rings. The molecule has 9 nitrogen and oxygen atoms in total. The minimum absolute atomic E-state index is 0.00621. The van der Waals surface area contributed by atoms with Crippen LogP contribution in [-0.4, -0.2) is 81.0 Å². The summed E-state index contributed by atoms with van der Waals surface area (Å²) in [5.74, 6) is 0.735. The highest BCUT2D eigenvalue weighted by molar-refractivity contribution is 6.07. The summed E-state index contributed by atoms with van der Waals surface area (Å²) in [6.45, 7) is 5.20. The van der Waals surface area contributed by atoms with Crippen LogP contribution in [0.2, 0.25) is 0 Å². The van der Waals surface area contributed by atoms with E-state index in [2.05, 4.69) is 15.0 Å². The molecule has 39 heavy (non-hydrogen) atoms. The summed E-state index contributed by atoms with van der Waals surface area (Å²) in [5.41, 5.74) is 2.90. The van der Waals surface area contributed by atoms with Gasteiger partial charge >= 0.3 is 0 Å². The molecule has 1 unspecified atom stereocenters. The van der Waals surface area contributed by atoms with Crippen LogP contribution in [-0.2, 0) is 0 Å². The number of hydrogen-bond acceptors (Lipinski definition) is 6. The maximum Gasteiger partial charge on any atom is 0.259 e. The number of H-pyrrole nitrogens is 1. The van der Waals surface area contributed by atoms with E-state index in [0.717, 1.165) is 40.6 Å². The lowest BCUT2D eigenvalue weighted by atomic mass is 10.0. The van der Waals surface area contributed by atoms with Gasteiger partial charge in [-0.3, -0.25) is 19.2 Å². The van der Waals surface area contributed by atoms with Gasteiger partial charge in [-0.05, 0) is 49.6 Å². The minimum atomic E-state index is -0.607. The number of nitrogens with one attached hydrogen (secondary N) is 1. The van der Waals surface area contributed by atoms with E-state index in [-0.39, 0.29) is 24.1 Å². The number of carbonyl (C=O) groups is 1. The van der Waals surface area contributed by atoms with Gasteiger partial charge in [0.25, 0.3) is 11.5 Å². The highest BCUT2D eigenvalue weighted by Crippen LogP contribution is 2.34. The Morgan fingerprint density at radius 2 is 1.85 bits per heavy atom. The second-order valence-electron chi connectivity index (χ2n) is 10.8. The molecule has 0 bridgehead atoms. The van der Waals surface area contributed by atoms with E-state index in [1.54, 1.807) is 6.20 Å². The molecule has 2 aromatic carbocycles. The number of nitrogens with zero attached hydrogens (tertiary/aromatic N) is 4. The average Bonchev–Trinajstić information content (AvgIpc) is 3.63. The fourth-order valence-corrected chi connectivity index (χ4v) is 6.01. The van der Waals surface area contributed by atoms with Crippen LogP contribution in [0.4, 0.5) is 0 Å². The zero-order valence-corrected chi connectivity index (χ0v) is 22.3. The lowest BCUT2D eigenvalue weighted by Gasteiger charge is -2.35. The average molecular weight is 530 g/mol. The Labute approximate surface area is 227 Å². The minimum Gasteiger partial charge on any atom is -0.491 e. The van der Waals surface area contributed by atoms with Gasteiger partial charge in [-0.2, -0.15) is 5.10 Å². The normalized spacial score (nSPS) is 17.7. The summed E-state index contributed by atoms with van der Waals surface area (Å²) in [6, 6.07) is 13.6. The molecule has 2 aromatic heterocycles. The molecule has 1 aliphatic carbocycles. The molecule has 0 radical (unpaired) electrons. The Balaban J connectivity index is 1.17. The second kappa shape index (κ2) is 10.8. The first-order chi connectivity index (χ1) is 19.0. The number of β-amino-alcohol motifs (C(OH)–C–C–N with tert-alkyl or cyclic N) is 1. The van der Waals surface area contributed by atoms with Crippen LogP contribution in [0, 0.1) is 6.92 Å². The van der Waals surface area contributed by atoms with Gasteiger partial charge in [-0.1, -0.05) is 31.0 Å². The topological polar surface area (TPSA) is 104 Å². The number of piperazine rings is 1. The SMILES string of the molecule is Cc1cc2[nH]c(=O)c3cnn(C4CCCC4)c3c2cc1C(=O)N1CCN(CC(O)COc2ccccc2)CC1. The molecule has 1 saturated heterocycles. The molecular formula is C30H35N5O4. The number of aromatic nitrogens is 3. The smallest absolute Gasteiger partial charge is 0.259 e. The van der Waals surface area contributed by atoms with Gasteiger partial charge in [0.2, 0.25) is 0 Å². The summed E-state index contributed by atoms with van der Waals surface area (Å²) in [6.07, 6.45) is 5.49. The Morgan fingerprint density at radius 3 is 2.59 bits per heavy atom. The predicted octanol–water partition coefficient (Wildman–Crippen LogP) is 3.50. The van der Waals surface area contributed by atoms with E-state index < -0.39 is 6.10 Å². The van der Waals surface area contributed by atoms with Crippen LogP contribution in [0.1, 0.15) is 47.6 Å². The number of rotatable bonds is 7. The maximum atomic E-state index is 13.7. The Bertz CT molecular complexity index is 1530. The fourth-order valence-electron chi connectivity index (χ4n) is 6.01. The van der Waals surface area contributed by atoms with Crippen molar-refractivity contribution in [2.75, 3.05) is 39.3 Å². The summed E-state index contributed by atoms with van der Waals surface area (Å²) in [4.78, 5) is 33.5. The van der Waals surface area contributed by atoms with Crippen LogP contribution >= 0.6 is 0 Å².